The summed E-state index contributed by atoms with van der Waals surface area (Å²) in [6, 6.07) is -0.831. The Hall–Kier alpha value is -1.32. The first kappa shape index (κ1) is 19.0. The number of hydrogen-bond donors (Lipinski definition) is 1. The van der Waals surface area contributed by atoms with Crippen LogP contribution < -0.4 is 0 Å². The van der Waals surface area contributed by atoms with E-state index < -0.39 is 34.9 Å². The fourth-order valence-corrected chi connectivity index (χ4v) is 5.55. The summed E-state index contributed by atoms with van der Waals surface area (Å²) in [5.74, 6) is -1.71. The number of methoxy groups -OCH3 is 2. The Balaban J connectivity index is 1.72. The molecule has 150 valence electrons. The van der Waals surface area contributed by atoms with Crippen molar-refractivity contribution in [1.29, 1.82) is 0 Å². The highest BCUT2D eigenvalue weighted by molar-refractivity contribution is 6.09. The minimum Gasteiger partial charge on any atom is -0.384 e. The first-order valence-corrected chi connectivity index (χ1v) is 9.34. The van der Waals surface area contributed by atoms with E-state index in [-0.39, 0.29) is 24.4 Å². The second-order valence-electron chi connectivity index (χ2n) is 8.44. The topological polar surface area (TPSA) is 94.5 Å². The van der Waals surface area contributed by atoms with Crippen molar-refractivity contribution < 1.29 is 33.7 Å². The largest absolute Gasteiger partial charge is 0.384 e. The first-order chi connectivity index (χ1) is 12.8. The fourth-order valence-electron chi connectivity index (χ4n) is 5.55. The van der Waals surface area contributed by atoms with E-state index in [1.165, 1.54) is 19.3 Å². The Bertz CT molecular complexity index is 692. The monoisotopic (exact) mass is 381 g/mol. The molecule has 0 aromatic rings. The van der Waals surface area contributed by atoms with Gasteiger partial charge in [-0.2, -0.15) is 0 Å². The van der Waals surface area contributed by atoms with Crippen molar-refractivity contribution in [2.45, 2.75) is 57.1 Å². The molecule has 5 aliphatic rings. The molecule has 8 heteroatoms. The van der Waals surface area contributed by atoms with E-state index in [0.29, 0.717) is 12.8 Å². The number of ether oxygens (including phenoxy) is 3. The van der Waals surface area contributed by atoms with Crippen molar-refractivity contribution in [3.8, 4) is 0 Å². The Labute approximate surface area is 158 Å². The van der Waals surface area contributed by atoms with Crippen LogP contribution in [0.2, 0.25) is 0 Å². The summed E-state index contributed by atoms with van der Waals surface area (Å²) < 4.78 is 16.3. The zero-order chi connectivity index (χ0) is 19.6. The Morgan fingerprint density at radius 2 is 2.11 bits per heavy atom. The van der Waals surface area contributed by atoms with Gasteiger partial charge in [-0.25, -0.2) is 5.06 Å². The quantitative estimate of drug-likeness (QED) is 0.427. The molecule has 6 atom stereocenters. The molecular weight excluding hydrogens is 354 g/mol. The normalized spacial score (nSPS) is 44.3. The molecule has 4 bridgehead atoms. The summed E-state index contributed by atoms with van der Waals surface area (Å²) in [7, 11) is 2.87. The molecule has 2 heterocycles. The van der Waals surface area contributed by atoms with Crippen LogP contribution in [-0.2, 0) is 28.6 Å². The molecule has 0 aromatic heterocycles. The number of carbonyl (C=O) groups excluding carboxylic acids is 2. The van der Waals surface area contributed by atoms with Crippen LogP contribution in [0.3, 0.4) is 0 Å². The summed E-state index contributed by atoms with van der Waals surface area (Å²) in [5.41, 5.74) is -1.54. The molecule has 5 unspecified atom stereocenters. The molecule has 27 heavy (non-hydrogen) atoms. The van der Waals surface area contributed by atoms with E-state index >= 15 is 0 Å². The maximum absolute atomic E-state index is 13.7. The van der Waals surface area contributed by atoms with Crippen LogP contribution >= 0.6 is 0 Å². The average molecular weight is 381 g/mol. The number of hydrogen-bond acceptors (Lipinski definition) is 7. The standard InChI is InChI=1S/C19H27NO7/c1-17(2)11-7-8-18(17,14(21)9-11)16(23)20-13-6-5-12(27-20)15(22)19(13,25-4)26-10-24-3/h5-6,11-13,15,22H,7-10H2,1-4H3/t11?,12?,13?,15?,18-,19?/m1/s1. The lowest BCUT2D eigenvalue weighted by Gasteiger charge is -2.55. The molecule has 5 rings (SSSR count). The van der Waals surface area contributed by atoms with Crippen molar-refractivity contribution in [1.82, 2.24) is 5.06 Å². The molecule has 0 spiro atoms. The molecule has 2 saturated carbocycles. The number of Topliss-reactive ketones (excluding diaryl/α,β-unsaturated/α-hetero) is 1. The van der Waals surface area contributed by atoms with Gasteiger partial charge in [0, 0.05) is 20.6 Å². The van der Waals surface area contributed by atoms with Crippen LogP contribution in [0, 0.1) is 16.7 Å². The summed E-state index contributed by atoms with van der Waals surface area (Å²) in [6.45, 7) is 3.86. The fraction of sp³-hybridized carbons (Fsp3) is 0.789. The molecule has 0 aromatic carbocycles. The number of nitrogens with zero attached hydrogens (tertiary/aromatic N) is 1. The predicted octanol–water partition coefficient (Wildman–Crippen LogP) is 0.787. The highest BCUT2D eigenvalue weighted by Crippen LogP contribution is 2.65. The smallest absolute Gasteiger partial charge is 0.261 e. The lowest BCUT2D eigenvalue weighted by atomic mass is 9.67. The predicted molar refractivity (Wildman–Crippen MR) is 91.9 cm³/mol. The zero-order valence-corrected chi connectivity index (χ0v) is 16.1. The number of ketones is 1. The van der Waals surface area contributed by atoms with Gasteiger partial charge in [-0.3, -0.25) is 14.4 Å². The second-order valence-corrected chi connectivity index (χ2v) is 8.44. The van der Waals surface area contributed by atoms with Gasteiger partial charge in [-0.05, 0) is 24.2 Å². The van der Waals surface area contributed by atoms with Gasteiger partial charge < -0.3 is 19.3 Å². The lowest BCUT2D eigenvalue weighted by Crippen LogP contribution is -2.73. The maximum Gasteiger partial charge on any atom is 0.261 e. The minimum atomic E-state index is -1.52. The number of fused-ring (bicyclic) bond motifs is 4. The molecule has 1 N–H and O–H groups in total. The Morgan fingerprint density at radius 3 is 2.67 bits per heavy atom. The van der Waals surface area contributed by atoms with E-state index in [9.17, 15) is 14.7 Å². The van der Waals surface area contributed by atoms with Crippen LogP contribution in [0.25, 0.3) is 0 Å². The van der Waals surface area contributed by atoms with Crippen LogP contribution in [0.4, 0.5) is 0 Å². The highest BCUT2D eigenvalue weighted by atomic mass is 16.8. The van der Waals surface area contributed by atoms with Gasteiger partial charge in [0.15, 0.2) is 0 Å². The number of rotatable bonds is 5. The first-order valence-electron chi connectivity index (χ1n) is 9.34. The van der Waals surface area contributed by atoms with E-state index in [2.05, 4.69) is 0 Å². The van der Waals surface area contributed by atoms with Crippen LogP contribution in [0.1, 0.15) is 33.1 Å². The molecule has 8 nitrogen and oxygen atoms in total. The summed E-state index contributed by atoms with van der Waals surface area (Å²) in [6.07, 6.45) is 3.25. The molecule has 0 radical (unpaired) electrons. The third kappa shape index (κ3) is 2.16. The minimum absolute atomic E-state index is 0.0239. The lowest BCUT2D eigenvalue weighted by molar-refractivity contribution is -0.397. The summed E-state index contributed by atoms with van der Waals surface area (Å²) in [5, 5.41) is 11.9. The molecule has 1 amide bonds. The number of carbonyl (C=O) groups is 2. The second kappa shape index (κ2) is 6.09. The van der Waals surface area contributed by atoms with Crippen LogP contribution in [0.15, 0.2) is 12.2 Å². The molecule has 1 saturated heterocycles. The van der Waals surface area contributed by atoms with Gasteiger partial charge in [-0.15, -0.1) is 0 Å². The van der Waals surface area contributed by atoms with Crippen molar-refractivity contribution in [3.05, 3.63) is 12.2 Å². The van der Waals surface area contributed by atoms with Gasteiger partial charge in [-0.1, -0.05) is 26.0 Å². The average Bonchev–Trinajstić information content (AvgIpc) is 3.03. The van der Waals surface area contributed by atoms with Gasteiger partial charge in [0.05, 0.1) is 0 Å². The molecule has 3 aliphatic carbocycles. The SMILES string of the molecule is COCOC1(OC)C(O)C2C=CC1N(C(=O)[C@@]13CCC(CC1=O)C3(C)C)O2. The zero-order valence-electron chi connectivity index (χ0n) is 16.1. The van der Waals surface area contributed by atoms with E-state index in [0.717, 1.165) is 6.42 Å². The van der Waals surface area contributed by atoms with E-state index in [1.54, 1.807) is 12.2 Å². The van der Waals surface area contributed by atoms with E-state index in [1.807, 2.05) is 13.8 Å². The summed E-state index contributed by atoms with van der Waals surface area (Å²) in [4.78, 5) is 32.4. The van der Waals surface area contributed by atoms with Crippen molar-refractivity contribution in [2.75, 3.05) is 21.0 Å². The summed E-state index contributed by atoms with van der Waals surface area (Å²) >= 11 is 0. The van der Waals surface area contributed by atoms with Crippen LogP contribution in [0.5, 0.6) is 0 Å². The maximum atomic E-state index is 13.7. The number of aliphatic hydroxyl groups is 1. The van der Waals surface area contributed by atoms with Crippen LogP contribution in [-0.4, -0.2) is 66.9 Å². The third-order valence-electron chi connectivity index (χ3n) is 7.29. The van der Waals surface area contributed by atoms with Crippen molar-refractivity contribution in [3.63, 3.8) is 0 Å². The van der Waals surface area contributed by atoms with Crippen molar-refractivity contribution >= 4 is 11.7 Å². The Kier molecular flexibility index (Phi) is 4.29. The van der Waals surface area contributed by atoms with Gasteiger partial charge >= 0.3 is 0 Å². The number of hydroxylamine groups is 2. The Morgan fingerprint density at radius 1 is 1.37 bits per heavy atom. The van der Waals surface area contributed by atoms with Crippen molar-refractivity contribution in [2.24, 2.45) is 16.7 Å². The van der Waals surface area contributed by atoms with E-state index in [4.69, 9.17) is 19.0 Å². The van der Waals surface area contributed by atoms with Gasteiger partial charge in [0.2, 0.25) is 5.79 Å². The molecule has 2 aliphatic heterocycles. The number of aliphatic hydroxyl groups excluding tert-OH is 1. The van der Waals surface area contributed by atoms with Gasteiger partial charge in [0.1, 0.15) is 36.2 Å². The molecular formula is C19H27NO7. The molecule has 3 fully saturated rings. The van der Waals surface area contributed by atoms with Gasteiger partial charge in [0.25, 0.3) is 5.91 Å². The third-order valence-corrected chi connectivity index (χ3v) is 7.29. The highest BCUT2D eigenvalue weighted by Gasteiger charge is 2.71. The number of amides is 1.